The fourth-order valence-corrected chi connectivity index (χ4v) is 6.89. The molecule has 1 aliphatic rings. The van der Waals surface area contributed by atoms with Crippen molar-refractivity contribution in [3.63, 3.8) is 0 Å². The predicted molar refractivity (Wildman–Crippen MR) is 125 cm³/mol. The van der Waals surface area contributed by atoms with Gasteiger partial charge in [0, 0.05) is 36.4 Å². The zero-order valence-corrected chi connectivity index (χ0v) is 20.2. The quantitative estimate of drug-likeness (QED) is 0.457. The van der Waals surface area contributed by atoms with Crippen LogP contribution in [0.25, 0.3) is 16.7 Å². The van der Waals surface area contributed by atoms with Gasteiger partial charge in [0.05, 0.1) is 28.2 Å². The Kier molecular flexibility index (Phi) is 5.70. The van der Waals surface area contributed by atoms with Gasteiger partial charge in [-0.15, -0.1) is 0 Å². The van der Waals surface area contributed by atoms with Crippen LogP contribution in [0.15, 0.2) is 47.3 Å². The van der Waals surface area contributed by atoms with Gasteiger partial charge >= 0.3 is 11.8 Å². The molecule has 7 nitrogen and oxygen atoms in total. The minimum absolute atomic E-state index is 0.0176. The molecule has 10 heteroatoms. The maximum absolute atomic E-state index is 13.3. The summed E-state index contributed by atoms with van der Waals surface area (Å²) < 4.78 is 57.4. The third kappa shape index (κ3) is 4.64. The van der Waals surface area contributed by atoms with E-state index in [1.54, 1.807) is 31.2 Å². The Bertz CT molecular complexity index is 1440. The summed E-state index contributed by atoms with van der Waals surface area (Å²) in [4.78, 5) is 26.3. The second kappa shape index (κ2) is 8.04. The Balaban J connectivity index is 1.78. The van der Waals surface area contributed by atoms with Gasteiger partial charge in [0.25, 0.3) is 0 Å². The Morgan fingerprint density at radius 1 is 1.15 bits per heavy atom. The van der Waals surface area contributed by atoms with E-state index in [4.69, 9.17) is 0 Å². The predicted octanol–water partition coefficient (Wildman–Crippen LogP) is 4.37. The largest absolute Gasteiger partial charge is 0.433 e. The van der Waals surface area contributed by atoms with Crippen molar-refractivity contribution in [2.24, 2.45) is 5.41 Å². The lowest BCUT2D eigenvalue weighted by Gasteiger charge is -2.37. The number of carbonyl (C=O) groups is 1. The molecule has 0 bridgehead atoms. The second-order valence-corrected chi connectivity index (χ2v) is 11.7. The number of hydrogen-bond donors (Lipinski definition) is 0. The monoisotopic (exact) mass is 492 g/mol. The van der Waals surface area contributed by atoms with Crippen molar-refractivity contribution in [3.8, 4) is 11.4 Å². The van der Waals surface area contributed by atoms with Crippen molar-refractivity contribution >= 4 is 26.7 Å². The standard InChI is InChI=1S/C24H26F2N2O5S/c1-15(2)27-20-10-16(21(29)12-23(3)13-34(31,32)14-23)8-9-19(20)28(22(27)30)17-6-5-7-18(11-17)33-24(4,25)26/h5-11,15H,12-14H2,1-4H3. The van der Waals surface area contributed by atoms with Gasteiger partial charge in [-0.05, 0) is 44.2 Å². The summed E-state index contributed by atoms with van der Waals surface area (Å²) in [5, 5.41) is 0. The first-order chi connectivity index (χ1) is 15.7. The van der Waals surface area contributed by atoms with Crippen LogP contribution < -0.4 is 10.4 Å². The minimum atomic E-state index is -3.37. The van der Waals surface area contributed by atoms with Crippen LogP contribution in [0.1, 0.15) is 50.5 Å². The molecule has 1 saturated heterocycles. The highest BCUT2D eigenvalue weighted by atomic mass is 32.2. The van der Waals surface area contributed by atoms with Crippen molar-refractivity contribution in [1.29, 1.82) is 0 Å². The summed E-state index contributed by atoms with van der Waals surface area (Å²) in [6.07, 6.45) is -3.28. The minimum Gasteiger partial charge on any atom is -0.433 e. The fourth-order valence-electron chi connectivity index (χ4n) is 4.65. The number of alkyl halides is 2. The molecule has 0 spiro atoms. The molecular formula is C24H26F2N2O5S. The van der Waals surface area contributed by atoms with Crippen molar-refractivity contribution in [2.75, 3.05) is 11.5 Å². The number of ether oxygens (including phenoxy) is 1. The van der Waals surface area contributed by atoms with E-state index in [0.29, 0.717) is 29.2 Å². The Labute approximate surface area is 195 Å². The number of carbonyl (C=O) groups excluding carboxylic acids is 1. The van der Waals surface area contributed by atoms with Crippen LogP contribution in [0.3, 0.4) is 0 Å². The SMILES string of the molecule is CC(C)n1c(=O)n(-c2cccc(OC(C)(F)F)c2)c2ccc(C(=O)CC3(C)CS(=O)(=O)C3)cc21. The molecule has 0 radical (unpaired) electrons. The summed E-state index contributed by atoms with van der Waals surface area (Å²) in [5.74, 6) is -0.319. The van der Waals surface area contributed by atoms with E-state index >= 15 is 0 Å². The number of sulfone groups is 1. The molecule has 1 aromatic heterocycles. The highest BCUT2D eigenvalue weighted by molar-refractivity contribution is 7.92. The molecular weight excluding hydrogens is 466 g/mol. The zero-order valence-electron chi connectivity index (χ0n) is 19.3. The molecule has 2 heterocycles. The molecule has 0 aliphatic carbocycles. The summed E-state index contributed by atoms with van der Waals surface area (Å²) in [6.45, 7) is 6.07. The first kappa shape index (κ1) is 24.1. The van der Waals surface area contributed by atoms with E-state index in [-0.39, 0.29) is 41.2 Å². The van der Waals surface area contributed by atoms with E-state index in [1.165, 1.54) is 27.3 Å². The molecule has 34 heavy (non-hydrogen) atoms. The Morgan fingerprint density at radius 2 is 1.82 bits per heavy atom. The van der Waals surface area contributed by atoms with Gasteiger partial charge in [0.2, 0.25) is 0 Å². The number of aromatic nitrogens is 2. The molecule has 0 amide bonds. The molecule has 1 fully saturated rings. The number of nitrogens with zero attached hydrogens (tertiary/aromatic N) is 2. The van der Waals surface area contributed by atoms with Gasteiger partial charge in [0.1, 0.15) is 5.75 Å². The lowest BCUT2D eigenvalue weighted by atomic mass is 9.86. The van der Waals surface area contributed by atoms with Crippen LogP contribution in [0.5, 0.6) is 5.75 Å². The number of halogens is 2. The summed E-state index contributed by atoms with van der Waals surface area (Å²) in [5.41, 5.74) is 0.787. The van der Waals surface area contributed by atoms with E-state index in [2.05, 4.69) is 4.74 Å². The average Bonchev–Trinajstić information content (AvgIpc) is 2.95. The van der Waals surface area contributed by atoms with Gasteiger partial charge < -0.3 is 4.74 Å². The fraction of sp³-hybridized carbons (Fsp3) is 0.417. The topological polar surface area (TPSA) is 87.4 Å². The molecule has 0 unspecified atom stereocenters. The van der Waals surface area contributed by atoms with Gasteiger partial charge in [-0.25, -0.2) is 13.2 Å². The van der Waals surface area contributed by atoms with E-state index < -0.39 is 21.4 Å². The highest BCUT2D eigenvalue weighted by Crippen LogP contribution is 2.37. The smallest absolute Gasteiger partial charge is 0.394 e. The first-order valence-corrected chi connectivity index (χ1v) is 12.7. The third-order valence-corrected chi connectivity index (χ3v) is 8.08. The van der Waals surface area contributed by atoms with E-state index in [9.17, 15) is 26.8 Å². The molecule has 0 N–H and O–H groups in total. The molecule has 0 saturated carbocycles. The Morgan fingerprint density at radius 3 is 2.41 bits per heavy atom. The molecule has 182 valence electrons. The van der Waals surface area contributed by atoms with Crippen molar-refractivity contribution < 1.29 is 26.7 Å². The van der Waals surface area contributed by atoms with Gasteiger partial charge in [-0.2, -0.15) is 8.78 Å². The van der Waals surface area contributed by atoms with Crippen molar-refractivity contribution in [2.45, 2.75) is 46.3 Å². The third-order valence-electron chi connectivity index (χ3n) is 5.81. The van der Waals surface area contributed by atoms with Gasteiger partial charge in [0.15, 0.2) is 15.6 Å². The van der Waals surface area contributed by atoms with Gasteiger partial charge in [-0.3, -0.25) is 13.9 Å². The van der Waals surface area contributed by atoms with Crippen LogP contribution in [-0.4, -0.2) is 40.9 Å². The van der Waals surface area contributed by atoms with Gasteiger partial charge in [-0.1, -0.05) is 13.0 Å². The van der Waals surface area contributed by atoms with Crippen LogP contribution >= 0.6 is 0 Å². The summed E-state index contributed by atoms with van der Waals surface area (Å²) in [7, 11) is -3.08. The van der Waals surface area contributed by atoms with Crippen molar-refractivity contribution in [3.05, 3.63) is 58.5 Å². The van der Waals surface area contributed by atoms with Crippen LogP contribution in [0.2, 0.25) is 0 Å². The molecule has 0 atom stereocenters. The van der Waals surface area contributed by atoms with Crippen LogP contribution in [0, 0.1) is 5.41 Å². The maximum Gasteiger partial charge on any atom is 0.394 e. The van der Waals surface area contributed by atoms with Crippen LogP contribution in [0.4, 0.5) is 8.78 Å². The normalized spacial score (nSPS) is 17.0. The number of benzene rings is 2. The number of Topliss-reactive ketones (excluding diaryl/α,β-unsaturated/α-hetero) is 1. The average molecular weight is 493 g/mol. The van der Waals surface area contributed by atoms with Crippen LogP contribution in [-0.2, 0) is 9.84 Å². The molecule has 1 aliphatic heterocycles. The van der Waals surface area contributed by atoms with E-state index in [0.717, 1.165) is 0 Å². The number of fused-ring (bicyclic) bond motifs is 1. The van der Waals surface area contributed by atoms with E-state index in [1.807, 2.05) is 13.8 Å². The lowest BCUT2D eigenvalue weighted by Crippen LogP contribution is -2.47. The zero-order chi connectivity index (χ0) is 25.1. The Hall–Kier alpha value is -3.01. The highest BCUT2D eigenvalue weighted by Gasteiger charge is 2.45. The maximum atomic E-state index is 13.3. The molecule has 4 rings (SSSR count). The first-order valence-electron chi connectivity index (χ1n) is 10.9. The number of imidazole rings is 1. The number of rotatable bonds is 7. The molecule has 2 aromatic carbocycles. The second-order valence-electron chi connectivity index (χ2n) is 9.64. The number of ketones is 1. The number of hydrogen-bond acceptors (Lipinski definition) is 5. The molecule has 3 aromatic rings. The lowest BCUT2D eigenvalue weighted by molar-refractivity contribution is -0.158. The van der Waals surface area contributed by atoms with Crippen molar-refractivity contribution in [1.82, 2.24) is 9.13 Å². The summed E-state index contributed by atoms with van der Waals surface area (Å²) >= 11 is 0. The summed E-state index contributed by atoms with van der Waals surface area (Å²) in [6, 6.07) is 10.5.